The van der Waals surface area contributed by atoms with Gasteiger partial charge in [-0.25, -0.2) is 9.97 Å². The van der Waals surface area contributed by atoms with Crippen LogP contribution in [-0.2, 0) is 16.1 Å². The Labute approximate surface area is 219 Å². The van der Waals surface area contributed by atoms with Crippen LogP contribution in [-0.4, -0.2) is 43.7 Å². The summed E-state index contributed by atoms with van der Waals surface area (Å²) in [6.45, 7) is 13.1. The number of hydrogen-bond donors (Lipinski definition) is 2. The number of nitrogens with one attached hydrogen (secondary N) is 2. The summed E-state index contributed by atoms with van der Waals surface area (Å²) in [5.74, 6) is 0.526. The fraction of sp³-hybridized carbons (Fsp3) is 0.500. The Balaban J connectivity index is 1.41. The van der Waals surface area contributed by atoms with Crippen molar-refractivity contribution in [3.05, 3.63) is 54.0 Å². The zero-order valence-corrected chi connectivity index (χ0v) is 22.6. The molecule has 1 aliphatic heterocycles. The van der Waals surface area contributed by atoms with Crippen molar-refractivity contribution in [2.24, 2.45) is 0 Å². The Kier molecular flexibility index (Phi) is 7.93. The zero-order chi connectivity index (χ0) is 26.6. The summed E-state index contributed by atoms with van der Waals surface area (Å²) in [5, 5.41) is 19.7. The molecule has 0 saturated carbocycles. The Hall–Kier alpha value is -3.32. The van der Waals surface area contributed by atoms with Gasteiger partial charge in [0.25, 0.3) is 0 Å². The van der Waals surface area contributed by atoms with Gasteiger partial charge in [-0.2, -0.15) is 10.4 Å². The summed E-state index contributed by atoms with van der Waals surface area (Å²) >= 11 is 0. The number of ether oxygens (including phenoxy) is 2. The van der Waals surface area contributed by atoms with E-state index in [0.717, 1.165) is 40.9 Å². The Morgan fingerprint density at radius 1 is 1.16 bits per heavy atom. The standard InChI is InChI=1S/C28H37N7O2/c1-19-14-30-26(33-23-15-32-35(16-23)24-11-27(3,4)37-28(5,6)12-24)34-25(19)22-9-7-21(8-10-22)17-36-18-31-20(2)13-29/h7-10,14-16,20,24,31H,11-12,17-18H2,1-6H3,(H,30,33,34)/t20-/m1/s1. The van der Waals surface area contributed by atoms with Crippen molar-refractivity contribution in [1.82, 2.24) is 25.1 Å². The fourth-order valence-electron chi connectivity index (χ4n) is 4.91. The van der Waals surface area contributed by atoms with Crippen LogP contribution >= 0.6 is 0 Å². The Morgan fingerprint density at radius 2 is 1.86 bits per heavy atom. The van der Waals surface area contributed by atoms with E-state index in [9.17, 15) is 0 Å². The van der Waals surface area contributed by atoms with Crippen molar-refractivity contribution >= 4 is 11.6 Å². The Morgan fingerprint density at radius 3 is 2.54 bits per heavy atom. The van der Waals surface area contributed by atoms with Crippen LogP contribution in [0.2, 0.25) is 0 Å². The Bertz CT molecular complexity index is 1230. The molecule has 3 heterocycles. The minimum Gasteiger partial charge on any atom is -0.370 e. The van der Waals surface area contributed by atoms with E-state index >= 15 is 0 Å². The van der Waals surface area contributed by atoms with Crippen LogP contribution in [0, 0.1) is 18.3 Å². The summed E-state index contributed by atoms with van der Waals surface area (Å²) in [6.07, 6.45) is 7.47. The van der Waals surface area contributed by atoms with Gasteiger partial charge in [0.1, 0.15) is 0 Å². The first-order valence-electron chi connectivity index (χ1n) is 12.7. The molecule has 3 aromatic rings. The van der Waals surface area contributed by atoms with Crippen molar-refractivity contribution in [2.75, 3.05) is 12.0 Å². The van der Waals surface area contributed by atoms with Gasteiger partial charge in [-0.05, 0) is 65.5 Å². The average molecular weight is 504 g/mol. The minimum atomic E-state index is -0.235. The topological polar surface area (TPSA) is 110 Å². The molecule has 0 spiro atoms. The molecule has 1 saturated heterocycles. The lowest BCUT2D eigenvalue weighted by molar-refractivity contribution is -0.170. The summed E-state index contributed by atoms with van der Waals surface area (Å²) in [6, 6.07) is 10.3. The highest BCUT2D eigenvalue weighted by molar-refractivity contribution is 5.65. The van der Waals surface area contributed by atoms with Crippen molar-refractivity contribution in [1.29, 1.82) is 5.26 Å². The van der Waals surface area contributed by atoms with Crippen molar-refractivity contribution in [2.45, 2.75) is 84.3 Å². The zero-order valence-electron chi connectivity index (χ0n) is 22.6. The highest BCUT2D eigenvalue weighted by atomic mass is 16.5. The molecule has 0 amide bonds. The molecule has 0 aliphatic carbocycles. The third kappa shape index (κ3) is 7.13. The minimum absolute atomic E-state index is 0.199. The quantitative estimate of drug-likeness (QED) is 0.300. The van der Waals surface area contributed by atoms with E-state index < -0.39 is 0 Å². The smallest absolute Gasteiger partial charge is 0.227 e. The molecule has 37 heavy (non-hydrogen) atoms. The second-order valence-electron chi connectivity index (χ2n) is 11.0. The lowest BCUT2D eigenvalue weighted by Gasteiger charge is -2.45. The molecule has 1 aromatic carbocycles. The molecule has 2 N–H and O–H groups in total. The lowest BCUT2D eigenvalue weighted by Crippen LogP contribution is -2.45. The van der Waals surface area contributed by atoms with Crippen LogP contribution in [0.1, 0.15) is 64.6 Å². The van der Waals surface area contributed by atoms with Gasteiger partial charge >= 0.3 is 0 Å². The van der Waals surface area contributed by atoms with Crippen LogP contribution in [0.15, 0.2) is 42.9 Å². The molecule has 9 nitrogen and oxygen atoms in total. The van der Waals surface area contributed by atoms with E-state index in [2.05, 4.69) is 54.5 Å². The summed E-state index contributed by atoms with van der Waals surface area (Å²) < 4.78 is 13.9. The highest BCUT2D eigenvalue weighted by Gasteiger charge is 2.40. The molecule has 1 aliphatic rings. The van der Waals surface area contributed by atoms with Crippen LogP contribution in [0.4, 0.5) is 11.6 Å². The predicted octanol–water partition coefficient (Wildman–Crippen LogP) is 5.28. The molecule has 0 bridgehead atoms. The van der Waals surface area contributed by atoms with E-state index in [-0.39, 0.29) is 23.3 Å². The number of anilines is 2. The third-order valence-electron chi connectivity index (χ3n) is 6.39. The van der Waals surface area contributed by atoms with Gasteiger partial charge in [0, 0.05) is 18.0 Å². The van der Waals surface area contributed by atoms with Gasteiger partial charge in [0.2, 0.25) is 5.95 Å². The molecule has 0 unspecified atom stereocenters. The second kappa shape index (κ2) is 11.0. The van der Waals surface area contributed by atoms with E-state index in [1.807, 2.05) is 54.5 Å². The molecule has 2 aromatic heterocycles. The van der Waals surface area contributed by atoms with E-state index in [1.165, 1.54) is 0 Å². The molecule has 196 valence electrons. The summed E-state index contributed by atoms with van der Waals surface area (Å²) in [4.78, 5) is 9.28. The monoisotopic (exact) mass is 503 g/mol. The third-order valence-corrected chi connectivity index (χ3v) is 6.39. The maximum absolute atomic E-state index is 8.81. The van der Waals surface area contributed by atoms with Crippen molar-refractivity contribution < 1.29 is 9.47 Å². The van der Waals surface area contributed by atoms with Crippen LogP contribution < -0.4 is 10.6 Å². The molecule has 1 atom stereocenters. The van der Waals surface area contributed by atoms with Crippen molar-refractivity contribution in [3.63, 3.8) is 0 Å². The van der Waals surface area contributed by atoms with E-state index in [1.54, 1.807) is 6.92 Å². The first kappa shape index (κ1) is 26.7. The molecular formula is C28H37N7O2. The van der Waals surface area contributed by atoms with Gasteiger partial charge < -0.3 is 14.8 Å². The number of nitrogens with zero attached hydrogens (tertiary/aromatic N) is 5. The van der Waals surface area contributed by atoms with Gasteiger partial charge in [0.15, 0.2) is 0 Å². The van der Waals surface area contributed by atoms with Crippen LogP contribution in [0.5, 0.6) is 0 Å². The van der Waals surface area contributed by atoms with Crippen molar-refractivity contribution in [3.8, 4) is 17.3 Å². The van der Waals surface area contributed by atoms with Crippen LogP contribution in [0.25, 0.3) is 11.3 Å². The lowest BCUT2D eigenvalue weighted by atomic mass is 9.85. The maximum Gasteiger partial charge on any atom is 0.227 e. The number of nitriles is 1. The number of aromatic nitrogens is 4. The first-order chi connectivity index (χ1) is 17.5. The predicted molar refractivity (Wildman–Crippen MR) is 143 cm³/mol. The SMILES string of the molecule is Cc1cnc(Nc2cnn(C3CC(C)(C)OC(C)(C)C3)c2)nc1-c1ccc(COCN[C@H](C)C#N)cc1. The molecule has 9 heteroatoms. The van der Waals surface area contributed by atoms with Crippen LogP contribution in [0.3, 0.4) is 0 Å². The van der Waals surface area contributed by atoms with Gasteiger partial charge in [-0.3, -0.25) is 10.00 Å². The maximum atomic E-state index is 8.81. The van der Waals surface area contributed by atoms with Gasteiger partial charge in [0.05, 0.1) is 60.3 Å². The number of benzene rings is 1. The molecule has 1 fully saturated rings. The largest absolute Gasteiger partial charge is 0.370 e. The average Bonchev–Trinajstić information content (AvgIpc) is 3.30. The van der Waals surface area contributed by atoms with E-state index in [0.29, 0.717) is 19.3 Å². The van der Waals surface area contributed by atoms with Gasteiger partial charge in [-0.15, -0.1) is 0 Å². The first-order valence-corrected chi connectivity index (χ1v) is 12.7. The molecular weight excluding hydrogens is 466 g/mol. The fourth-order valence-corrected chi connectivity index (χ4v) is 4.91. The van der Waals surface area contributed by atoms with E-state index in [4.69, 9.17) is 19.7 Å². The number of hydrogen-bond acceptors (Lipinski definition) is 8. The second-order valence-corrected chi connectivity index (χ2v) is 11.0. The number of aryl methyl sites for hydroxylation is 1. The summed E-state index contributed by atoms with van der Waals surface area (Å²) in [7, 11) is 0. The van der Waals surface area contributed by atoms with Gasteiger partial charge in [-0.1, -0.05) is 24.3 Å². The molecule has 0 radical (unpaired) electrons. The number of rotatable bonds is 9. The molecule has 4 rings (SSSR count). The summed E-state index contributed by atoms with van der Waals surface area (Å²) in [5.41, 5.74) is 4.37. The highest BCUT2D eigenvalue weighted by Crippen LogP contribution is 2.40. The normalized spacial score (nSPS) is 17.8.